The van der Waals surface area contributed by atoms with Gasteiger partial charge in [0.25, 0.3) is 0 Å². The van der Waals surface area contributed by atoms with Gasteiger partial charge in [-0.05, 0) is 50.3 Å². The van der Waals surface area contributed by atoms with E-state index in [1.807, 2.05) is 0 Å². The molecular formula is C19H32N2. The molecule has 0 aliphatic heterocycles. The van der Waals surface area contributed by atoms with E-state index in [1.54, 1.807) is 0 Å². The standard InChI is InChI=1S/C19H32N2/c1-5-20-18-12-11-17(16-9-7-6-8-10-16)13-19(18)21(4)14-15(2)3/h6-10,15,17-20H,5,11-14H2,1-4H3. The molecule has 0 radical (unpaired) electrons. The second-order valence-corrected chi connectivity index (χ2v) is 6.99. The maximum Gasteiger partial charge on any atom is 0.0252 e. The summed E-state index contributed by atoms with van der Waals surface area (Å²) >= 11 is 0. The van der Waals surface area contributed by atoms with Crippen LogP contribution in [-0.4, -0.2) is 37.1 Å². The Morgan fingerprint density at radius 3 is 2.52 bits per heavy atom. The quantitative estimate of drug-likeness (QED) is 0.854. The zero-order chi connectivity index (χ0) is 15.2. The molecule has 1 aliphatic carbocycles. The van der Waals surface area contributed by atoms with Crippen LogP contribution in [0.25, 0.3) is 0 Å². The van der Waals surface area contributed by atoms with Crippen LogP contribution in [0.15, 0.2) is 30.3 Å². The first-order chi connectivity index (χ1) is 10.1. The first-order valence-electron chi connectivity index (χ1n) is 8.60. The Morgan fingerprint density at radius 1 is 1.19 bits per heavy atom. The first-order valence-corrected chi connectivity index (χ1v) is 8.60. The molecule has 0 spiro atoms. The fourth-order valence-corrected chi connectivity index (χ4v) is 3.87. The Hall–Kier alpha value is -0.860. The van der Waals surface area contributed by atoms with Gasteiger partial charge in [0, 0.05) is 18.6 Å². The van der Waals surface area contributed by atoms with Crippen LogP contribution in [0, 0.1) is 5.92 Å². The lowest BCUT2D eigenvalue weighted by Crippen LogP contribution is -2.52. The van der Waals surface area contributed by atoms with Crippen LogP contribution in [0.4, 0.5) is 0 Å². The van der Waals surface area contributed by atoms with Crippen molar-refractivity contribution in [3.63, 3.8) is 0 Å². The van der Waals surface area contributed by atoms with Gasteiger partial charge in [0.2, 0.25) is 0 Å². The normalized spacial score (nSPS) is 26.5. The van der Waals surface area contributed by atoms with E-state index in [1.165, 1.54) is 31.4 Å². The lowest BCUT2D eigenvalue weighted by molar-refractivity contribution is 0.127. The molecule has 3 unspecified atom stereocenters. The van der Waals surface area contributed by atoms with E-state index in [0.29, 0.717) is 12.1 Å². The van der Waals surface area contributed by atoms with Crippen LogP contribution in [-0.2, 0) is 0 Å². The Kier molecular flexibility index (Phi) is 6.25. The summed E-state index contributed by atoms with van der Waals surface area (Å²) in [5, 5.41) is 3.72. The lowest BCUT2D eigenvalue weighted by Gasteiger charge is -2.42. The zero-order valence-corrected chi connectivity index (χ0v) is 14.2. The van der Waals surface area contributed by atoms with Gasteiger partial charge in [0.1, 0.15) is 0 Å². The van der Waals surface area contributed by atoms with Crippen LogP contribution < -0.4 is 5.32 Å². The highest BCUT2D eigenvalue weighted by atomic mass is 15.2. The number of likely N-dealkylation sites (N-methyl/N-ethyl adjacent to an activating group) is 2. The summed E-state index contributed by atoms with van der Waals surface area (Å²) in [6.45, 7) is 9.12. The molecule has 1 fully saturated rings. The van der Waals surface area contributed by atoms with Crippen molar-refractivity contribution in [1.29, 1.82) is 0 Å². The number of hydrogen-bond donors (Lipinski definition) is 1. The fourth-order valence-electron chi connectivity index (χ4n) is 3.87. The molecule has 0 aromatic heterocycles. The van der Waals surface area contributed by atoms with E-state index in [4.69, 9.17) is 0 Å². The topological polar surface area (TPSA) is 15.3 Å². The number of nitrogens with one attached hydrogen (secondary N) is 1. The van der Waals surface area contributed by atoms with Crippen molar-refractivity contribution in [2.75, 3.05) is 20.1 Å². The van der Waals surface area contributed by atoms with Gasteiger partial charge in [0.05, 0.1) is 0 Å². The summed E-state index contributed by atoms with van der Waals surface area (Å²) in [5.41, 5.74) is 1.52. The minimum atomic E-state index is 0.652. The average Bonchev–Trinajstić information content (AvgIpc) is 2.48. The van der Waals surface area contributed by atoms with Crippen molar-refractivity contribution in [3.05, 3.63) is 35.9 Å². The smallest absolute Gasteiger partial charge is 0.0252 e. The van der Waals surface area contributed by atoms with Crippen molar-refractivity contribution in [2.24, 2.45) is 5.92 Å². The molecule has 2 heteroatoms. The molecule has 0 saturated heterocycles. The monoisotopic (exact) mass is 288 g/mol. The van der Waals surface area contributed by atoms with Gasteiger partial charge < -0.3 is 10.2 Å². The van der Waals surface area contributed by atoms with Crippen LogP contribution in [0.2, 0.25) is 0 Å². The van der Waals surface area contributed by atoms with Crippen molar-refractivity contribution in [2.45, 2.75) is 58.0 Å². The van der Waals surface area contributed by atoms with Crippen LogP contribution in [0.1, 0.15) is 51.5 Å². The molecule has 0 amide bonds. The lowest BCUT2D eigenvalue weighted by atomic mass is 9.78. The van der Waals surface area contributed by atoms with Gasteiger partial charge in [-0.15, -0.1) is 0 Å². The minimum absolute atomic E-state index is 0.652. The van der Waals surface area contributed by atoms with Gasteiger partial charge in [-0.2, -0.15) is 0 Å². The van der Waals surface area contributed by atoms with Gasteiger partial charge in [-0.1, -0.05) is 51.1 Å². The third-order valence-electron chi connectivity index (χ3n) is 4.77. The summed E-state index contributed by atoms with van der Waals surface area (Å²) in [4.78, 5) is 2.59. The Bertz CT molecular complexity index is 401. The summed E-state index contributed by atoms with van der Waals surface area (Å²) in [6, 6.07) is 12.4. The Balaban J connectivity index is 2.08. The first kappa shape index (κ1) is 16.5. The van der Waals surface area contributed by atoms with Gasteiger partial charge in [-0.25, -0.2) is 0 Å². The summed E-state index contributed by atoms with van der Waals surface area (Å²) in [5.74, 6) is 1.45. The molecule has 2 nitrogen and oxygen atoms in total. The second kappa shape index (κ2) is 7.95. The highest BCUT2D eigenvalue weighted by Crippen LogP contribution is 2.35. The molecule has 21 heavy (non-hydrogen) atoms. The van der Waals surface area contributed by atoms with Crippen LogP contribution in [0.3, 0.4) is 0 Å². The molecular weight excluding hydrogens is 256 g/mol. The molecule has 0 bridgehead atoms. The predicted octanol–water partition coefficient (Wildman–Crippen LogP) is 3.89. The minimum Gasteiger partial charge on any atom is -0.313 e. The highest BCUT2D eigenvalue weighted by molar-refractivity contribution is 5.21. The number of nitrogens with zero attached hydrogens (tertiary/aromatic N) is 1. The van der Waals surface area contributed by atoms with Crippen molar-refractivity contribution < 1.29 is 0 Å². The van der Waals surface area contributed by atoms with E-state index in [0.717, 1.165) is 18.4 Å². The summed E-state index contributed by atoms with van der Waals surface area (Å²) < 4.78 is 0. The third-order valence-corrected chi connectivity index (χ3v) is 4.77. The van der Waals surface area contributed by atoms with E-state index in [2.05, 4.69) is 68.4 Å². The van der Waals surface area contributed by atoms with Crippen molar-refractivity contribution >= 4 is 0 Å². The molecule has 2 rings (SSSR count). The largest absolute Gasteiger partial charge is 0.313 e. The van der Waals surface area contributed by atoms with Crippen molar-refractivity contribution in [3.8, 4) is 0 Å². The second-order valence-electron chi connectivity index (χ2n) is 6.99. The van der Waals surface area contributed by atoms with E-state index in [9.17, 15) is 0 Å². The molecule has 1 aromatic carbocycles. The number of benzene rings is 1. The SMILES string of the molecule is CCNC1CCC(c2ccccc2)CC1N(C)CC(C)C. The molecule has 1 N–H and O–H groups in total. The predicted molar refractivity (Wildman–Crippen MR) is 91.8 cm³/mol. The fraction of sp³-hybridized carbons (Fsp3) is 0.684. The van der Waals surface area contributed by atoms with E-state index < -0.39 is 0 Å². The maximum atomic E-state index is 3.72. The van der Waals surface area contributed by atoms with Gasteiger partial charge in [-0.3, -0.25) is 0 Å². The maximum absolute atomic E-state index is 3.72. The van der Waals surface area contributed by atoms with Gasteiger partial charge >= 0.3 is 0 Å². The number of rotatable bonds is 6. The molecule has 0 heterocycles. The number of hydrogen-bond acceptors (Lipinski definition) is 2. The van der Waals surface area contributed by atoms with Crippen LogP contribution in [0.5, 0.6) is 0 Å². The summed E-state index contributed by atoms with van der Waals surface area (Å²) in [6.07, 6.45) is 3.89. The van der Waals surface area contributed by atoms with Gasteiger partial charge in [0.15, 0.2) is 0 Å². The summed E-state index contributed by atoms with van der Waals surface area (Å²) in [7, 11) is 2.31. The molecule has 1 aliphatic rings. The Labute approximate surface area is 130 Å². The average molecular weight is 288 g/mol. The highest BCUT2D eigenvalue weighted by Gasteiger charge is 2.33. The Morgan fingerprint density at radius 2 is 1.90 bits per heavy atom. The molecule has 118 valence electrons. The molecule has 1 aromatic rings. The third kappa shape index (κ3) is 4.55. The van der Waals surface area contributed by atoms with E-state index >= 15 is 0 Å². The molecule has 1 saturated carbocycles. The zero-order valence-electron chi connectivity index (χ0n) is 14.2. The molecule has 3 atom stereocenters. The van der Waals surface area contributed by atoms with E-state index in [-0.39, 0.29) is 0 Å². The van der Waals surface area contributed by atoms with Crippen LogP contribution >= 0.6 is 0 Å². The van der Waals surface area contributed by atoms with Crippen molar-refractivity contribution in [1.82, 2.24) is 10.2 Å².